The molecular weight excluding hydrogens is 390 g/mol. The van der Waals surface area contributed by atoms with Gasteiger partial charge in [-0.1, -0.05) is 36.4 Å². The van der Waals surface area contributed by atoms with Gasteiger partial charge in [-0.15, -0.1) is 0 Å². The van der Waals surface area contributed by atoms with Crippen LogP contribution in [-0.4, -0.2) is 34.9 Å². The molecule has 31 heavy (non-hydrogen) atoms. The van der Waals surface area contributed by atoms with Gasteiger partial charge >= 0.3 is 0 Å². The summed E-state index contributed by atoms with van der Waals surface area (Å²) in [5.41, 5.74) is 3.23. The van der Waals surface area contributed by atoms with Gasteiger partial charge in [0.2, 0.25) is 11.8 Å². The zero-order chi connectivity index (χ0) is 21.6. The molecular formula is C24H25N5O2. The summed E-state index contributed by atoms with van der Waals surface area (Å²) in [6.07, 6.45) is 3.31. The molecule has 1 fully saturated rings. The van der Waals surface area contributed by atoms with Crippen LogP contribution in [-0.2, 0) is 9.59 Å². The van der Waals surface area contributed by atoms with Gasteiger partial charge in [-0.25, -0.2) is 9.97 Å². The molecule has 0 saturated carbocycles. The Morgan fingerprint density at radius 3 is 2.52 bits per heavy atom. The van der Waals surface area contributed by atoms with Gasteiger partial charge in [-0.2, -0.15) is 0 Å². The highest BCUT2D eigenvalue weighted by Crippen LogP contribution is 2.26. The number of aromatic nitrogens is 2. The molecule has 158 valence electrons. The predicted octanol–water partition coefficient (Wildman–Crippen LogP) is 3.96. The van der Waals surface area contributed by atoms with Crippen molar-refractivity contribution in [3.05, 3.63) is 67.0 Å². The lowest BCUT2D eigenvalue weighted by Gasteiger charge is -2.33. The highest BCUT2D eigenvalue weighted by atomic mass is 16.2. The molecule has 1 unspecified atom stereocenters. The average Bonchev–Trinajstić information content (AvgIpc) is 2.80. The van der Waals surface area contributed by atoms with Crippen LogP contribution in [0, 0.1) is 5.92 Å². The van der Waals surface area contributed by atoms with E-state index in [0.717, 1.165) is 36.5 Å². The topological polar surface area (TPSA) is 87.2 Å². The third kappa shape index (κ3) is 5.25. The monoisotopic (exact) mass is 415 g/mol. The first-order valence-electron chi connectivity index (χ1n) is 10.4. The van der Waals surface area contributed by atoms with Crippen molar-refractivity contribution in [1.82, 2.24) is 9.97 Å². The third-order valence-electron chi connectivity index (χ3n) is 5.29. The number of hydrogen-bond acceptors (Lipinski definition) is 5. The lowest BCUT2D eigenvalue weighted by Crippen LogP contribution is -2.41. The minimum absolute atomic E-state index is 0.0259. The lowest BCUT2D eigenvalue weighted by atomic mass is 9.97. The van der Waals surface area contributed by atoms with Crippen molar-refractivity contribution in [3.63, 3.8) is 0 Å². The summed E-state index contributed by atoms with van der Waals surface area (Å²) in [5.74, 6) is 0.514. The highest BCUT2D eigenvalue weighted by Gasteiger charge is 2.27. The normalized spacial score (nSPS) is 15.9. The van der Waals surface area contributed by atoms with Crippen molar-refractivity contribution in [2.75, 3.05) is 28.6 Å². The summed E-state index contributed by atoms with van der Waals surface area (Å²) in [7, 11) is 0. The Kier molecular flexibility index (Phi) is 6.21. The van der Waals surface area contributed by atoms with Crippen LogP contribution in [0.25, 0.3) is 11.3 Å². The largest absolute Gasteiger partial charge is 0.356 e. The summed E-state index contributed by atoms with van der Waals surface area (Å²) in [6.45, 7) is 2.91. The minimum Gasteiger partial charge on any atom is -0.356 e. The van der Waals surface area contributed by atoms with Gasteiger partial charge < -0.3 is 15.5 Å². The van der Waals surface area contributed by atoms with Gasteiger partial charge in [0.15, 0.2) is 0 Å². The number of nitrogens with zero attached hydrogens (tertiary/aromatic N) is 3. The van der Waals surface area contributed by atoms with Gasteiger partial charge in [-0.05, 0) is 31.0 Å². The molecule has 2 aromatic carbocycles. The Morgan fingerprint density at radius 1 is 0.968 bits per heavy atom. The van der Waals surface area contributed by atoms with Crippen molar-refractivity contribution < 1.29 is 9.59 Å². The molecule has 0 radical (unpaired) electrons. The Labute approximate surface area is 181 Å². The van der Waals surface area contributed by atoms with Crippen LogP contribution in [0.1, 0.15) is 19.8 Å². The second-order valence-electron chi connectivity index (χ2n) is 7.66. The van der Waals surface area contributed by atoms with E-state index in [0.29, 0.717) is 17.9 Å². The van der Waals surface area contributed by atoms with Crippen molar-refractivity contribution >= 4 is 29.0 Å². The fourth-order valence-corrected chi connectivity index (χ4v) is 3.81. The van der Waals surface area contributed by atoms with E-state index in [2.05, 4.69) is 25.5 Å². The first-order valence-corrected chi connectivity index (χ1v) is 10.4. The lowest BCUT2D eigenvalue weighted by molar-refractivity contribution is -0.120. The van der Waals surface area contributed by atoms with Crippen molar-refractivity contribution in [3.8, 4) is 11.3 Å². The molecule has 2 N–H and O–H groups in total. The second kappa shape index (κ2) is 9.38. The van der Waals surface area contributed by atoms with Gasteiger partial charge in [0.05, 0.1) is 11.6 Å². The number of rotatable bonds is 5. The third-order valence-corrected chi connectivity index (χ3v) is 5.29. The first kappa shape index (κ1) is 20.5. The zero-order valence-corrected chi connectivity index (χ0v) is 17.4. The maximum absolute atomic E-state index is 12.9. The van der Waals surface area contributed by atoms with Gasteiger partial charge in [0.1, 0.15) is 12.1 Å². The molecule has 3 aromatic rings. The molecule has 7 nitrogen and oxygen atoms in total. The number of nitrogens with one attached hydrogen (secondary N) is 2. The quantitative estimate of drug-likeness (QED) is 0.659. The van der Waals surface area contributed by atoms with E-state index >= 15 is 0 Å². The molecule has 1 atom stereocenters. The standard InChI is InChI=1S/C24H25N5O2/c1-17(30)27-20-10-5-11-21(13-20)28-24(31)19-9-6-12-29(15-19)23-14-22(25-16-26-23)18-7-3-2-4-8-18/h2-5,7-8,10-11,13-14,16,19H,6,9,12,15H2,1H3,(H,27,30)(H,28,31). The maximum atomic E-state index is 12.9. The van der Waals surface area contributed by atoms with Crippen LogP contribution in [0.2, 0.25) is 0 Å². The number of benzene rings is 2. The molecule has 2 amide bonds. The first-order chi connectivity index (χ1) is 15.1. The van der Waals surface area contributed by atoms with Crippen molar-refractivity contribution in [2.24, 2.45) is 5.92 Å². The van der Waals surface area contributed by atoms with E-state index in [4.69, 9.17) is 0 Å². The molecule has 1 aliphatic rings. The maximum Gasteiger partial charge on any atom is 0.229 e. The van der Waals surface area contributed by atoms with Crippen LogP contribution in [0.3, 0.4) is 0 Å². The highest BCUT2D eigenvalue weighted by molar-refractivity contribution is 5.94. The number of anilines is 3. The summed E-state index contributed by atoms with van der Waals surface area (Å²) < 4.78 is 0. The molecule has 1 saturated heterocycles. The van der Waals surface area contributed by atoms with E-state index in [9.17, 15) is 9.59 Å². The van der Waals surface area contributed by atoms with Crippen LogP contribution in [0.15, 0.2) is 67.0 Å². The van der Waals surface area contributed by atoms with E-state index in [1.54, 1.807) is 24.5 Å². The van der Waals surface area contributed by atoms with Crippen LogP contribution in [0.5, 0.6) is 0 Å². The van der Waals surface area contributed by atoms with Crippen LogP contribution >= 0.6 is 0 Å². The Balaban J connectivity index is 1.44. The molecule has 1 aromatic heterocycles. The predicted molar refractivity (Wildman–Crippen MR) is 122 cm³/mol. The zero-order valence-electron chi connectivity index (χ0n) is 17.4. The average molecular weight is 415 g/mol. The van der Waals surface area contributed by atoms with Crippen molar-refractivity contribution in [2.45, 2.75) is 19.8 Å². The fraction of sp³-hybridized carbons (Fsp3) is 0.250. The molecule has 4 rings (SSSR count). The summed E-state index contributed by atoms with van der Waals surface area (Å²) in [6, 6.07) is 19.1. The number of carbonyl (C=O) groups excluding carboxylic acids is 2. The second-order valence-corrected chi connectivity index (χ2v) is 7.66. The molecule has 0 bridgehead atoms. The molecule has 0 spiro atoms. The number of piperidine rings is 1. The summed E-state index contributed by atoms with van der Waals surface area (Å²) >= 11 is 0. The Morgan fingerprint density at radius 2 is 1.74 bits per heavy atom. The summed E-state index contributed by atoms with van der Waals surface area (Å²) in [5, 5.41) is 5.72. The van der Waals surface area contributed by atoms with Gasteiger partial charge in [0.25, 0.3) is 0 Å². The van der Waals surface area contributed by atoms with E-state index in [1.165, 1.54) is 6.92 Å². The van der Waals surface area contributed by atoms with Crippen molar-refractivity contribution in [1.29, 1.82) is 0 Å². The number of hydrogen-bond donors (Lipinski definition) is 2. The Bertz CT molecular complexity index is 1070. The molecule has 7 heteroatoms. The number of amides is 2. The summed E-state index contributed by atoms with van der Waals surface area (Å²) in [4.78, 5) is 35.2. The van der Waals surface area contributed by atoms with Crippen LogP contribution < -0.4 is 15.5 Å². The number of carbonyl (C=O) groups is 2. The minimum atomic E-state index is -0.147. The van der Waals surface area contributed by atoms with Gasteiger partial charge in [0, 0.05) is 43.0 Å². The van der Waals surface area contributed by atoms with Gasteiger partial charge in [-0.3, -0.25) is 9.59 Å². The molecule has 0 aliphatic carbocycles. The molecule has 1 aliphatic heterocycles. The van der Waals surface area contributed by atoms with Crippen LogP contribution in [0.4, 0.5) is 17.2 Å². The molecule has 2 heterocycles. The fourth-order valence-electron chi connectivity index (χ4n) is 3.81. The van der Waals surface area contributed by atoms with E-state index < -0.39 is 0 Å². The smallest absolute Gasteiger partial charge is 0.229 e. The SMILES string of the molecule is CC(=O)Nc1cccc(NC(=O)C2CCCN(c3cc(-c4ccccc4)ncn3)C2)c1. The Hall–Kier alpha value is -3.74. The van der Waals surface area contributed by atoms with E-state index in [1.807, 2.05) is 42.5 Å². The van der Waals surface area contributed by atoms with E-state index in [-0.39, 0.29) is 17.7 Å².